The Labute approximate surface area is 154 Å². The lowest BCUT2D eigenvalue weighted by atomic mass is 10.1. The van der Waals surface area contributed by atoms with Gasteiger partial charge in [0.15, 0.2) is 0 Å². The van der Waals surface area contributed by atoms with Crippen LogP contribution in [0.1, 0.15) is 11.1 Å². The van der Waals surface area contributed by atoms with Gasteiger partial charge in [0.25, 0.3) is 0 Å². The van der Waals surface area contributed by atoms with Crippen LogP contribution in [0.25, 0.3) is 0 Å². The number of halogens is 1. The van der Waals surface area contributed by atoms with E-state index in [9.17, 15) is 12.8 Å². The molecule has 0 saturated carbocycles. The van der Waals surface area contributed by atoms with Crippen LogP contribution in [0.4, 0.5) is 4.39 Å². The number of hydrogen-bond donors (Lipinski definition) is 0. The van der Waals surface area contributed by atoms with Gasteiger partial charge in [-0.3, -0.25) is 0 Å². The smallest absolute Gasteiger partial charge is 0.243 e. The number of benzene rings is 2. The minimum Gasteiger partial charge on any atom is -0.492 e. The van der Waals surface area contributed by atoms with Crippen LogP contribution >= 0.6 is 0 Å². The van der Waals surface area contributed by atoms with Crippen molar-refractivity contribution in [2.24, 2.45) is 0 Å². The molecule has 5 nitrogen and oxygen atoms in total. The molecule has 2 aromatic carbocycles. The Morgan fingerprint density at radius 3 is 2.69 bits per heavy atom. The first kappa shape index (κ1) is 18.8. The molecule has 0 aliphatic carbocycles. The summed E-state index contributed by atoms with van der Waals surface area (Å²) >= 11 is 0. The third-order valence-electron chi connectivity index (χ3n) is 4.36. The molecule has 140 valence electrons. The first-order chi connectivity index (χ1) is 12.3. The third kappa shape index (κ3) is 3.90. The van der Waals surface area contributed by atoms with Crippen LogP contribution < -0.4 is 4.74 Å². The van der Waals surface area contributed by atoms with Crippen molar-refractivity contribution in [3.8, 4) is 5.75 Å². The van der Waals surface area contributed by atoms with Crippen LogP contribution in [0.15, 0.2) is 47.4 Å². The lowest BCUT2D eigenvalue weighted by molar-refractivity contribution is 0.184. The van der Waals surface area contributed by atoms with Gasteiger partial charge in [0.2, 0.25) is 10.0 Å². The van der Waals surface area contributed by atoms with Gasteiger partial charge in [-0.1, -0.05) is 23.8 Å². The van der Waals surface area contributed by atoms with Crippen molar-refractivity contribution in [1.82, 2.24) is 9.21 Å². The molecule has 1 aliphatic heterocycles. The van der Waals surface area contributed by atoms with Crippen molar-refractivity contribution in [3.63, 3.8) is 0 Å². The first-order valence-corrected chi connectivity index (χ1v) is 9.86. The molecule has 0 bridgehead atoms. The van der Waals surface area contributed by atoms with E-state index in [2.05, 4.69) is 0 Å². The largest absolute Gasteiger partial charge is 0.492 e. The number of nitrogens with zero attached hydrogens (tertiary/aromatic N) is 2. The summed E-state index contributed by atoms with van der Waals surface area (Å²) in [6.07, 6.45) is 0. The van der Waals surface area contributed by atoms with Crippen molar-refractivity contribution in [2.45, 2.75) is 24.4 Å². The highest BCUT2D eigenvalue weighted by atomic mass is 32.2. The van der Waals surface area contributed by atoms with Gasteiger partial charge < -0.3 is 9.64 Å². The van der Waals surface area contributed by atoms with E-state index < -0.39 is 15.8 Å². The molecule has 1 atom stereocenters. The highest BCUT2D eigenvalue weighted by Crippen LogP contribution is 2.30. The van der Waals surface area contributed by atoms with Gasteiger partial charge in [-0.15, -0.1) is 0 Å². The number of hydrogen-bond acceptors (Lipinski definition) is 4. The monoisotopic (exact) mass is 378 g/mol. The molecule has 0 unspecified atom stereocenters. The quantitative estimate of drug-likeness (QED) is 0.821. The van der Waals surface area contributed by atoms with E-state index in [4.69, 9.17) is 4.74 Å². The van der Waals surface area contributed by atoms with Crippen LogP contribution in [0.2, 0.25) is 0 Å². The Balaban J connectivity index is 2.06. The number of fused-ring (bicyclic) bond motifs is 1. The fourth-order valence-corrected chi connectivity index (χ4v) is 4.76. The summed E-state index contributed by atoms with van der Waals surface area (Å²) < 4.78 is 47.5. The maximum atomic E-state index is 13.6. The maximum Gasteiger partial charge on any atom is 0.243 e. The van der Waals surface area contributed by atoms with E-state index in [-0.39, 0.29) is 24.1 Å². The van der Waals surface area contributed by atoms with Gasteiger partial charge >= 0.3 is 0 Å². The molecule has 0 N–H and O–H groups in total. The second-order valence-corrected chi connectivity index (χ2v) is 8.74. The summed E-state index contributed by atoms with van der Waals surface area (Å²) in [5.74, 6) is 0.119. The van der Waals surface area contributed by atoms with Gasteiger partial charge in [0.1, 0.15) is 18.2 Å². The Kier molecular flexibility index (Phi) is 5.32. The zero-order valence-electron chi connectivity index (χ0n) is 15.1. The molecule has 0 fully saturated rings. The van der Waals surface area contributed by atoms with Crippen molar-refractivity contribution >= 4 is 10.0 Å². The molecule has 0 aromatic heterocycles. The van der Waals surface area contributed by atoms with Crippen molar-refractivity contribution in [3.05, 3.63) is 59.4 Å². The standard InChI is InChI=1S/C19H23FN2O3S/c1-14-7-8-19-15(9-14)11-22(17(13-25-19)12-21(2)3)26(23,24)18-6-4-5-16(20)10-18/h4-10,17H,11-13H2,1-3H3/t17-/m1/s1. The zero-order valence-corrected chi connectivity index (χ0v) is 16.0. The van der Waals surface area contributed by atoms with E-state index in [1.807, 2.05) is 44.1 Å². The minimum absolute atomic E-state index is 0.0441. The van der Waals surface area contributed by atoms with E-state index >= 15 is 0 Å². The molecule has 0 radical (unpaired) electrons. The lowest BCUT2D eigenvalue weighted by Crippen LogP contribution is -2.47. The molecular weight excluding hydrogens is 355 g/mol. The molecule has 0 spiro atoms. The molecule has 26 heavy (non-hydrogen) atoms. The van der Waals surface area contributed by atoms with Gasteiger partial charge in [0.05, 0.1) is 10.9 Å². The van der Waals surface area contributed by atoms with E-state index in [1.54, 1.807) is 0 Å². The van der Waals surface area contributed by atoms with Gasteiger partial charge in [-0.2, -0.15) is 4.31 Å². The molecule has 2 aromatic rings. The van der Waals surface area contributed by atoms with Crippen LogP contribution in [0.5, 0.6) is 5.75 Å². The summed E-state index contributed by atoms with van der Waals surface area (Å²) in [5, 5.41) is 0. The Morgan fingerprint density at radius 1 is 1.23 bits per heavy atom. The Bertz CT molecular complexity index is 899. The predicted molar refractivity (Wildman–Crippen MR) is 98.1 cm³/mol. The van der Waals surface area contributed by atoms with Crippen molar-refractivity contribution in [1.29, 1.82) is 0 Å². The Morgan fingerprint density at radius 2 is 2.00 bits per heavy atom. The number of sulfonamides is 1. The van der Waals surface area contributed by atoms with Crippen LogP contribution in [0, 0.1) is 12.7 Å². The molecule has 1 heterocycles. The average Bonchev–Trinajstić information content (AvgIpc) is 2.74. The Hall–Kier alpha value is -1.96. The number of ether oxygens (including phenoxy) is 1. The topological polar surface area (TPSA) is 49.9 Å². The molecule has 1 aliphatic rings. The normalized spacial score (nSPS) is 18.3. The summed E-state index contributed by atoms with van der Waals surface area (Å²) in [6.45, 7) is 2.88. The second kappa shape index (κ2) is 7.34. The van der Waals surface area contributed by atoms with E-state index in [0.29, 0.717) is 12.3 Å². The summed E-state index contributed by atoms with van der Waals surface area (Å²) in [5.41, 5.74) is 1.84. The highest BCUT2D eigenvalue weighted by Gasteiger charge is 2.35. The third-order valence-corrected chi connectivity index (χ3v) is 6.25. The van der Waals surface area contributed by atoms with Gasteiger partial charge in [-0.25, -0.2) is 12.8 Å². The highest BCUT2D eigenvalue weighted by molar-refractivity contribution is 7.89. The number of likely N-dealkylation sites (N-methyl/N-ethyl adjacent to an activating group) is 1. The molecule has 7 heteroatoms. The molecule has 0 amide bonds. The summed E-state index contributed by atoms with van der Waals surface area (Å²) in [4.78, 5) is 1.88. The van der Waals surface area contributed by atoms with Crippen LogP contribution in [-0.2, 0) is 16.6 Å². The minimum atomic E-state index is -3.87. The van der Waals surface area contributed by atoms with Gasteiger partial charge in [-0.05, 0) is 45.3 Å². The van der Waals surface area contributed by atoms with Gasteiger partial charge in [0, 0.05) is 18.7 Å². The predicted octanol–water partition coefficient (Wildman–Crippen LogP) is 2.65. The van der Waals surface area contributed by atoms with E-state index in [0.717, 1.165) is 17.2 Å². The molecule has 3 rings (SSSR count). The molecular formula is C19H23FN2O3S. The van der Waals surface area contributed by atoms with Crippen LogP contribution in [-0.4, -0.2) is 50.9 Å². The summed E-state index contributed by atoms with van der Waals surface area (Å²) in [6, 6.07) is 10.5. The first-order valence-electron chi connectivity index (χ1n) is 8.42. The summed E-state index contributed by atoms with van der Waals surface area (Å²) in [7, 11) is -0.103. The lowest BCUT2D eigenvalue weighted by Gasteiger charge is -2.30. The zero-order chi connectivity index (χ0) is 18.9. The van der Waals surface area contributed by atoms with Crippen molar-refractivity contribution in [2.75, 3.05) is 27.2 Å². The SMILES string of the molecule is Cc1ccc2c(c1)CN(S(=O)(=O)c1cccc(F)c1)[C@H](CN(C)C)CO2. The van der Waals surface area contributed by atoms with E-state index in [1.165, 1.54) is 22.5 Å². The number of aryl methyl sites for hydroxylation is 1. The number of rotatable bonds is 4. The fraction of sp³-hybridized carbons (Fsp3) is 0.368. The fourth-order valence-electron chi connectivity index (χ4n) is 3.15. The van der Waals surface area contributed by atoms with Crippen LogP contribution in [0.3, 0.4) is 0 Å². The van der Waals surface area contributed by atoms with Crippen molar-refractivity contribution < 1.29 is 17.5 Å². The molecule has 0 saturated heterocycles. The maximum absolute atomic E-state index is 13.6. The average molecular weight is 378 g/mol. The second-order valence-electron chi connectivity index (χ2n) is 6.85.